The molecule has 2 nitrogen and oxygen atoms in total. The summed E-state index contributed by atoms with van der Waals surface area (Å²) in [4.78, 5) is 0. The standard InChI is InChI=1S/C18H22BrNO/c1-12-5-10-17(21)16(11-12)13(2)20-18(3,4)14-6-8-15(19)9-7-14/h5-11,13,20-21H,1-4H3. The fourth-order valence-electron chi connectivity index (χ4n) is 2.59. The van der Waals surface area contributed by atoms with Crippen LogP contribution in [-0.2, 0) is 5.54 Å². The number of nitrogens with one attached hydrogen (secondary N) is 1. The maximum Gasteiger partial charge on any atom is 0.120 e. The van der Waals surface area contributed by atoms with Gasteiger partial charge in [-0.15, -0.1) is 0 Å². The van der Waals surface area contributed by atoms with Gasteiger partial charge in [0.2, 0.25) is 0 Å². The first-order chi connectivity index (χ1) is 9.79. The number of rotatable bonds is 4. The molecule has 0 aliphatic heterocycles. The summed E-state index contributed by atoms with van der Waals surface area (Å²) in [5.74, 6) is 0.340. The van der Waals surface area contributed by atoms with Crippen LogP contribution in [0.3, 0.4) is 0 Å². The van der Waals surface area contributed by atoms with Crippen LogP contribution < -0.4 is 5.32 Å². The normalized spacial score (nSPS) is 13.2. The van der Waals surface area contributed by atoms with Gasteiger partial charge in [-0.05, 0) is 51.5 Å². The maximum atomic E-state index is 10.1. The van der Waals surface area contributed by atoms with Crippen molar-refractivity contribution in [3.63, 3.8) is 0 Å². The Labute approximate surface area is 135 Å². The molecule has 0 aliphatic carbocycles. The lowest BCUT2D eigenvalue weighted by atomic mass is 9.92. The maximum absolute atomic E-state index is 10.1. The van der Waals surface area contributed by atoms with E-state index in [0.717, 1.165) is 15.6 Å². The van der Waals surface area contributed by atoms with Gasteiger partial charge in [0.05, 0.1) is 0 Å². The van der Waals surface area contributed by atoms with E-state index in [2.05, 4.69) is 54.2 Å². The summed E-state index contributed by atoms with van der Waals surface area (Å²) < 4.78 is 1.08. The predicted molar refractivity (Wildman–Crippen MR) is 91.6 cm³/mol. The molecule has 0 radical (unpaired) electrons. The molecule has 0 saturated heterocycles. The number of hydrogen-bond donors (Lipinski definition) is 2. The Morgan fingerprint density at radius 2 is 1.71 bits per heavy atom. The van der Waals surface area contributed by atoms with Crippen molar-refractivity contribution in [1.29, 1.82) is 0 Å². The Hall–Kier alpha value is -1.32. The molecule has 0 heterocycles. The van der Waals surface area contributed by atoms with Crippen LogP contribution >= 0.6 is 15.9 Å². The van der Waals surface area contributed by atoms with Gasteiger partial charge < -0.3 is 10.4 Å². The van der Waals surface area contributed by atoms with E-state index < -0.39 is 0 Å². The average Bonchev–Trinajstić information content (AvgIpc) is 2.41. The Bertz CT molecular complexity index is 620. The largest absolute Gasteiger partial charge is 0.508 e. The molecular formula is C18H22BrNO. The molecular weight excluding hydrogens is 326 g/mol. The minimum absolute atomic E-state index is 0.0588. The van der Waals surface area contributed by atoms with Crippen molar-refractivity contribution in [3.05, 3.63) is 63.6 Å². The molecule has 2 aromatic carbocycles. The van der Waals surface area contributed by atoms with Gasteiger partial charge in [0.1, 0.15) is 5.75 Å². The van der Waals surface area contributed by atoms with Gasteiger partial charge in [-0.1, -0.05) is 45.8 Å². The highest BCUT2D eigenvalue weighted by atomic mass is 79.9. The number of hydrogen-bond acceptors (Lipinski definition) is 2. The number of aryl methyl sites for hydroxylation is 1. The number of benzene rings is 2. The molecule has 0 aliphatic rings. The Morgan fingerprint density at radius 1 is 1.10 bits per heavy atom. The van der Waals surface area contributed by atoms with E-state index in [1.54, 1.807) is 6.07 Å². The predicted octanol–water partition coefficient (Wildman–Crippen LogP) is 5.05. The van der Waals surface area contributed by atoms with E-state index in [-0.39, 0.29) is 11.6 Å². The van der Waals surface area contributed by atoms with E-state index in [0.29, 0.717) is 5.75 Å². The molecule has 1 atom stereocenters. The second-order valence-corrected chi connectivity index (χ2v) is 6.98. The summed E-state index contributed by atoms with van der Waals surface area (Å²) in [5.41, 5.74) is 3.11. The molecule has 0 aromatic heterocycles. The van der Waals surface area contributed by atoms with Gasteiger partial charge in [-0.2, -0.15) is 0 Å². The summed E-state index contributed by atoms with van der Waals surface area (Å²) in [6.07, 6.45) is 0. The highest BCUT2D eigenvalue weighted by Gasteiger charge is 2.24. The molecule has 2 rings (SSSR count). The third-order valence-electron chi connectivity index (χ3n) is 3.79. The molecule has 21 heavy (non-hydrogen) atoms. The third kappa shape index (κ3) is 3.86. The molecule has 0 spiro atoms. The number of phenolic OH excluding ortho intramolecular Hbond substituents is 1. The van der Waals surface area contributed by atoms with Gasteiger partial charge in [0.25, 0.3) is 0 Å². The second-order valence-electron chi connectivity index (χ2n) is 6.06. The monoisotopic (exact) mass is 347 g/mol. The van der Waals surface area contributed by atoms with Crippen molar-refractivity contribution in [2.45, 2.75) is 39.3 Å². The number of phenols is 1. The van der Waals surface area contributed by atoms with E-state index >= 15 is 0 Å². The second kappa shape index (κ2) is 6.20. The first-order valence-corrected chi connectivity index (χ1v) is 7.92. The lowest BCUT2D eigenvalue weighted by Crippen LogP contribution is -2.38. The zero-order valence-electron chi connectivity index (χ0n) is 12.9. The quantitative estimate of drug-likeness (QED) is 0.810. The first-order valence-electron chi connectivity index (χ1n) is 7.13. The van der Waals surface area contributed by atoms with Crippen LogP contribution in [0, 0.1) is 6.92 Å². The summed E-state index contributed by atoms with van der Waals surface area (Å²) in [7, 11) is 0. The minimum Gasteiger partial charge on any atom is -0.508 e. The van der Waals surface area contributed by atoms with Crippen LogP contribution in [0.25, 0.3) is 0 Å². The van der Waals surface area contributed by atoms with Gasteiger partial charge in [-0.3, -0.25) is 0 Å². The number of aromatic hydroxyl groups is 1. The van der Waals surface area contributed by atoms with Crippen molar-refractivity contribution in [2.75, 3.05) is 0 Å². The minimum atomic E-state index is -0.184. The summed E-state index contributed by atoms with van der Waals surface area (Å²) in [5, 5.41) is 13.7. The Balaban J connectivity index is 2.23. The molecule has 0 saturated carbocycles. The van der Waals surface area contributed by atoms with E-state index in [9.17, 15) is 5.11 Å². The van der Waals surface area contributed by atoms with Gasteiger partial charge in [0, 0.05) is 21.6 Å². The highest BCUT2D eigenvalue weighted by Crippen LogP contribution is 2.30. The molecule has 0 fully saturated rings. The van der Waals surface area contributed by atoms with E-state index in [1.807, 2.05) is 31.2 Å². The van der Waals surface area contributed by atoms with Gasteiger partial charge in [0.15, 0.2) is 0 Å². The van der Waals surface area contributed by atoms with Crippen LogP contribution in [0.2, 0.25) is 0 Å². The van der Waals surface area contributed by atoms with Crippen molar-refractivity contribution in [3.8, 4) is 5.75 Å². The van der Waals surface area contributed by atoms with Crippen molar-refractivity contribution >= 4 is 15.9 Å². The zero-order valence-corrected chi connectivity index (χ0v) is 14.5. The Morgan fingerprint density at radius 3 is 2.33 bits per heavy atom. The lowest BCUT2D eigenvalue weighted by Gasteiger charge is -2.31. The summed E-state index contributed by atoms with van der Waals surface area (Å²) in [6, 6.07) is 14.1. The molecule has 1 unspecified atom stereocenters. The topological polar surface area (TPSA) is 32.3 Å². The zero-order chi connectivity index (χ0) is 15.6. The summed E-state index contributed by atoms with van der Waals surface area (Å²) in [6.45, 7) is 8.42. The highest BCUT2D eigenvalue weighted by molar-refractivity contribution is 9.10. The smallest absolute Gasteiger partial charge is 0.120 e. The van der Waals surface area contributed by atoms with Gasteiger partial charge >= 0.3 is 0 Å². The fraction of sp³-hybridized carbons (Fsp3) is 0.333. The van der Waals surface area contributed by atoms with E-state index in [1.165, 1.54) is 5.56 Å². The molecule has 0 bridgehead atoms. The summed E-state index contributed by atoms with van der Waals surface area (Å²) >= 11 is 3.46. The fourth-order valence-corrected chi connectivity index (χ4v) is 2.85. The van der Waals surface area contributed by atoms with Crippen LogP contribution in [0.15, 0.2) is 46.9 Å². The average molecular weight is 348 g/mol. The lowest BCUT2D eigenvalue weighted by molar-refractivity contribution is 0.349. The van der Waals surface area contributed by atoms with Crippen molar-refractivity contribution in [2.24, 2.45) is 0 Å². The van der Waals surface area contributed by atoms with Crippen molar-refractivity contribution in [1.82, 2.24) is 5.32 Å². The third-order valence-corrected chi connectivity index (χ3v) is 4.32. The molecule has 0 amide bonds. The molecule has 2 aromatic rings. The van der Waals surface area contributed by atoms with E-state index in [4.69, 9.17) is 0 Å². The molecule has 2 N–H and O–H groups in total. The number of halogens is 1. The van der Waals surface area contributed by atoms with Gasteiger partial charge in [-0.25, -0.2) is 0 Å². The first kappa shape index (κ1) is 16.1. The van der Waals surface area contributed by atoms with Crippen LogP contribution in [0.5, 0.6) is 5.75 Å². The SMILES string of the molecule is Cc1ccc(O)c(C(C)NC(C)(C)c2ccc(Br)cc2)c1. The molecule has 3 heteroatoms. The van der Waals surface area contributed by atoms with Crippen LogP contribution in [0.1, 0.15) is 43.5 Å². The Kier molecular flexibility index (Phi) is 4.74. The van der Waals surface area contributed by atoms with Crippen LogP contribution in [0.4, 0.5) is 0 Å². The molecule has 112 valence electrons. The van der Waals surface area contributed by atoms with Crippen LogP contribution in [-0.4, -0.2) is 5.11 Å². The van der Waals surface area contributed by atoms with Crippen molar-refractivity contribution < 1.29 is 5.11 Å².